The van der Waals surface area contributed by atoms with E-state index in [1.165, 1.54) is 0 Å². The summed E-state index contributed by atoms with van der Waals surface area (Å²) in [5.74, 6) is 0.251. The van der Waals surface area contributed by atoms with Crippen LogP contribution in [-0.4, -0.2) is 55.8 Å². The Kier molecular flexibility index (Phi) is 9.46. The van der Waals surface area contributed by atoms with Crippen molar-refractivity contribution < 1.29 is 9.84 Å². The van der Waals surface area contributed by atoms with Crippen molar-refractivity contribution in [3.63, 3.8) is 0 Å². The molecule has 0 aliphatic rings. The number of rotatable bonds is 10. The maximum absolute atomic E-state index is 8.84. The molecule has 0 amide bonds. The molecule has 0 bridgehead atoms. The number of unbranched alkanes of at least 4 members (excludes halogenated alkanes) is 1. The van der Waals surface area contributed by atoms with E-state index in [1.54, 1.807) is 7.11 Å². The molecule has 0 aliphatic heterocycles. The van der Waals surface area contributed by atoms with E-state index in [2.05, 4.69) is 4.90 Å². The lowest BCUT2D eigenvalue weighted by molar-refractivity contribution is 0.130. The second-order valence-corrected chi connectivity index (χ2v) is 3.54. The Morgan fingerprint density at radius 1 is 1.33 bits per heavy atom. The highest BCUT2D eigenvalue weighted by molar-refractivity contribution is 5.76. The number of methoxy groups -OCH3 is 1. The molecule has 0 heterocycles. The zero-order chi connectivity index (χ0) is 11.5. The third-order valence-corrected chi connectivity index (χ3v) is 2.20. The minimum Gasteiger partial charge on any atom is -0.395 e. The fraction of sp³-hybridized carbons (Fsp3) is 0.900. The molecule has 90 valence electrons. The number of hydrogen-bond acceptors (Lipinski definition) is 4. The van der Waals surface area contributed by atoms with Crippen molar-refractivity contribution in [2.75, 3.05) is 40.0 Å². The molecule has 0 atom stereocenters. The molecule has 0 aromatic rings. The van der Waals surface area contributed by atoms with Crippen LogP contribution in [0.2, 0.25) is 0 Å². The van der Waals surface area contributed by atoms with Gasteiger partial charge in [-0.3, -0.25) is 10.3 Å². The van der Waals surface area contributed by atoms with Gasteiger partial charge in [0, 0.05) is 26.6 Å². The summed E-state index contributed by atoms with van der Waals surface area (Å²) in [5, 5.41) is 15.9. The Bertz CT molecular complexity index is 165. The van der Waals surface area contributed by atoms with Crippen molar-refractivity contribution in [2.24, 2.45) is 5.73 Å². The van der Waals surface area contributed by atoms with E-state index in [-0.39, 0.29) is 12.4 Å². The summed E-state index contributed by atoms with van der Waals surface area (Å²) < 4.78 is 4.99. The van der Waals surface area contributed by atoms with Gasteiger partial charge in [0.2, 0.25) is 0 Å². The van der Waals surface area contributed by atoms with Gasteiger partial charge in [0.15, 0.2) is 0 Å². The molecule has 0 radical (unpaired) electrons. The van der Waals surface area contributed by atoms with Crippen LogP contribution in [0.4, 0.5) is 0 Å². The van der Waals surface area contributed by atoms with Crippen molar-refractivity contribution >= 4 is 5.84 Å². The van der Waals surface area contributed by atoms with E-state index in [9.17, 15) is 0 Å². The molecule has 0 unspecified atom stereocenters. The van der Waals surface area contributed by atoms with Crippen LogP contribution in [0.5, 0.6) is 0 Å². The van der Waals surface area contributed by atoms with Crippen molar-refractivity contribution in [1.82, 2.24) is 4.90 Å². The molecule has 0 fully saturated rings. The Morgan fingerprint density at radius 2 is 2.07 bits per heavy atom. The normalized spacial score (nSPS) is 10.9. The molecule has 0 saturated heterocycles. The summed E-state index contributed by atoms with van der Waals surface area (Å²) in [6.45, 7) is 3.32. The molecule has 5 nitrogen and oxygen atoms in total. The number of nitrogens with one attached hydrogen (secondary N) is 1. The monoisotopic (exact) mass is 217 g/mol. The number of ether oxygens (including phenoxy) is 1. The second-order valence-electron chi connectivity index (χ2n) is 3.54. The molecule has 0 rings (SSSR count). The van der Waals surface area contributed by atoms with Gasteiger partial charge in [-0.25, -0.2) is 0 Å². The van der Waals surface area contributed by atoms with E-state index in [0.29, 0.717) is 19.6 Å². The van der Waals surface area contributed by atoms with Gasteiger partial charge < -0.3 is 15.6 Å². The topological polar surface area (TPSA) is 82.6 Å². The van der Waals surface area contributed by atoms with E-state index in [1.807, 2.05) is 0 Å². The third kappa shape index (κ3) is 9.65. The SMILES string of the molecule is COCCN(CCO)CCCCC(=N)N. The highest BCUT2D eigenvalue weighted by Crippen LogP contribution is 1.98. The zero-order valence-corrected chi connectivity index (χ0v) is 9.54. The van der Waals surface area contributed by atoms with E-state index in [4.69, 9.17) is 21.0 Å². The molecular weight excluding hydrogens is 194 g/mol. The van der Waals surface area contributed by atoms with Gasteiger partial charge in [-0.15, -0.1) is 0 Å². The maximum atomic E-state index is 8.84. The largest absolute Gasteiger partial charge is 0.395 e. The molecular formula is C10H23N3O2. The predicted octanol–water partition coefficient (Wildman–Crippen LogP) is 0.0334. The minimum atomic E-state index is 0.177. The van der Waals surface area contributed by atoms with Crippen LogP contribution >= 0.6 is 0 Å². The van der Waals surface area contributed by atoms with Crippen LogP contribution in [0.25, 0.3) is 0 Å². The van der Waals surface area contributed by atoms with Gasteiger partial charge in [-0.05, 0) is 19.4 Å². The molecule has 0 aromatic heterocycles. The first-order valence-corrected chi connectivity index (χ1v) is 5.35. The lowest BCUT2D eigenvalue weighted by Crippen LogP contribution is -2.31. The summed E-state index contributed by atoms with van der Waals surface area (Å²) in [4.78, 5) is 2.16. The van der Waals surface area contributed by atoms with Gasteiger partial charge >= 0.3 is 0 Å². The Labute approximate surface area is 91.7 Å². The van der Waals surface area contributed by atoms with Gasteiger partial charge in [-0.1, -0.05) is 0 Å². The predicted molar refractivity (Wildman–Crippen MR) is 61.2 cm³/mol. The molecule has 5 heteroatoms. The van der Waals surface area contributed by atoms with Crippen LogP contribution in [0.3, 0.4) is 0 Å². The van der Waals surface area contributed by atoms with E-state index in [0.717, 1.165) is 25.9 Å². The van der Waals surface area contributed by atoms with Crippen molar-refractivity contribution in [3.8, 4) is 0 Å². The Morgan fingerprint density at radius 3 is 2.60 bits per heavy atom. The van der Waals surface area contributed by atoms with Crippen LogP contribution in [-0.2, 0) is 4.74 Å². The number of nitrogens with zero attached hydrogens (tertiary/aromatic N) is 1. The summed E-state index contributed by atoms with van der Waals surface area (Å²) in [6.07, 6.45) is 2.60. The zero-order valence-electron chi connectivity index (χ0n) is 9.54. The van der Waals surface area contributed by atoms with Crippen molar-refractivity contribution in [2.45, 2.75) is 19.3 Å². The third-order valence-electron chi connectivity index (χ3n) is 2.20. The Hall–Kier alpha value is -0.650. The molecule has 15 heavy (non-hydrogen) atoms. The number of hydrogen-bond donors (Lipinski definition) is 3. The smallest absolute Gasteiger partial charge is 0.0905 e. The highest BCUT2D eigenvalue weighted by Gasteiger charge is 2.03. The van der Waals surface area contributed by atoms with E-state index >= 15 is 0 Å². The lowest BCUT2D eigenvalue weighted by atomic mass is 10.2. The lowest BCUT2D eigenvalue weighted by Gasteiger charge is -2.20. The first kappa shape index (κ1) is 14.3. The molecule has 0 aliphatic carbocycles. The first-order chi connectivity index (χ1) is 7.20. The Balaban J connectivity index is 3.51. The van der Waals surface area contributed by atoms with Crippen LogP contribution < -0.4 is 5.73 Å². The fourth-order valence-corrected chi connectivity index (χ4v) is 1.35. The summed E-state index contributed by atoms with van der Waals surface area (Å²) in [5.41, 5.74) is 5.26. The van der Waals surface area contributed by atoms with Gasteiger partial charge in [-0.2, -0.15) is 0 Å². The molecule has 0 aromatic carbocycles. The van der Waals surface area contributed by atoms with Crippen molar-refractivity contribution in [3.05, 3.63) is 0 Å². The number of aliphatic hydroxyl groups excluding tert-OH is 1. The summed E-state index contributed by atoms with van der Waals surface area (Å²) >= 11 is 0. The average Bonchev–Trinajstić information content (AvgIpc) is 2.20. The highest BCUT2D eigenvalue weighted by atomic mass is 16.5. The van der Waals surface area contributed by atoms with Gasteiger partial charge in [0.05, 0.1) is 19.0 Å². The molecule has 0 spiro atoms. The summed E-state index contributed by atoms with van der Waals surface area (Å²) in [7, 11) is 1.67. The van der Waals surface area contributed by atoms with Crippen LogP contribution in [0.15, 0.2) is 0 Å². The number of nitrogens with two attached hydrogens (primary N) is 1. The number of amidine groups is 1. The second kappa shape index (κ2) is 9.89. The summed E-state index contributed by atoms with van der Waals surface area (Å²) in [6, 6.07) is 0. The number of aliphatic hydroxyl groups is 1. The van der Waals surface area contributed by atoms with E-state index < -0.39 is 0 Å². The minimum absolute atomic E-state index is 0.177. The van der Waals surface area contributed by atoms with Gasteiger partial charge in [0.25, 0.3) is 0 Å². The first-order valence-electron chi connectivity index (χ1n) is 5.35. The molecule has 0 saturated carbocycles. The maximum Gasteiger partial charge on any atom is 0.0905 e. The van der Waals surface area contributed by atoms with Crippen LogP contribution in [0, 0.1) is 5.41 Å². The standard InChI is InChI=1S/C10H23N3O2/c1-15-9-7-13(6-8-14)5-3-2-4-10(11)12/h14H,2-9H2,1H3,(H3,11,12). The molecule has 4 N–H and O–H groups in total. The van der Waals surface area contributed by atoms with Crippen molar-refractivity contribution in [1.29, 1.82) is 5.41 Å². The average molecular weight is 217 g/mol. The van der Waals surface area contributed by atoms with Crippen LogP contribution in [0.1, 0.15) is 19.3 Å². The van der Waals surface area contributed by atoms with Gasteiger partial charge in [0.1, 0.15) is 0 Å². The fourth-order valence-electron chi connectivity index (χ4n) is 1.35. The quantitative estimate of drug-likeness (QED) is 0.274.